The average molecular weight is 459 g/mol. The van der Waals surface area contributed by atoms with Crippen LogP contribution in [0.4, 0.5) is 5.69 Å². The number of aryl methyl sites for hydroxylation is 1. The number of carbonyl (C=O) groups excluding carboxylic acids is 1. The van der Waals surface area contributed by atoms with Crippen LogP contribution in [-0.4, -0.2) is 32.8 Å². The van der Waals surface area contributed by atoms with Gasteiger partial charge < -0.3 is 10.1 Å². The van der Waals surface area contributed by atoms with E-state index >= 15 is 0 Å². The molecule has 0 aliphatic rings. The number of nitrogens with one attached hydrogen (secondary N) is 1. The predicted molar refractivity (Wildman–Crippen MR) is 122 cm³/mol. The molecule has 0 bridgehead atoms. The third kappa shape index (κ3) is 5.44. The normalized spacial score (nSPS) is 11.4. The first-order chi connectivity index (χ1) is 14.7. The molecule has 1 amide bonds. The molecule has 8 heteroatoms. The van der Waals surface area contributed by atoms with E-state index in [0.717, 1.165) is 5.56 Å². The van der Waals surface area contributed by atoms with E-state index in [2.05, 4.69) is 5.32 Å². The van der Waals surface area contributed by atoms with E-state index in [1.165, 1.54) is 18.5 Å². The number of nitrogens with zero attached hydrogens (tertiary/aromatic N) is 1. The lowest BCUT2D eigenvalue weighted by Crippen LogP contribution is -2.27. The van der Waals surface area contributed by atoms with Gasteiger partial charge in [0.2, 0.25) is 10.0 Å². The van der Waals surface area contributed by atoms with Crippen LogP contribution in [0.3, 0.4) is 0 Å². The van der Waals surface area contributed by atoms with Crippen molar-refractivity contribution in [3.8, 4) is 5.75 Å². The SMILES string of the molecule is COc1ccc(C(=O)Nc2cccc(Cl)c2)cc1CN(C)S(=O)(=O)c1ccc(C)cc1. The highest BCUT2D eigenvalue weighted by molar-refractivity contribution is 7.89. The summed E-state index contributed by atoms with van der Waals surface area (Å²) < 4.78 is 32.5. The summed E-state index contributed by atoms with van der Waals surface area (Å²) in [6, 6.07) is 18.4. The minimum absolute atomic E-state index is 0.0394. The number of methoxy groups -OCH3 is 1. The van der Waals surface area contributed by atoms with Gasteiger partial charge >= 0.3 is 0 Å². The number of halogens is 1. The summed E-state index contributed by atoms with van der Waals surface area (Å²) in [7, 11) is -0.710. The summed E-state index contributed by atoms with van der Waals surface area (Å²) in [5.41, 5.74) is 2.48. The standard InChI is InChI=1S/C23H23ClN2O4S/c1-16-7-10-21(11-8-16)31(28,29)26(2)15-18-13-17(9-12-22(18)30-3)23(27)25-20-6-4-5-19(24)14-20/h4-14H,15H2,1-3H3,(H,25,27). The minimum atomic E-state index is -3.70. The second kappa shape index (κ2) is 9.51. The van der Waals surface area contributed by atoms with Crippen molar-refractivity contribution in [2.24, 2.45) is 0 Å². The van der Waals surface area contributed by atoms with Crippen LogP contribution in [0.5, 0.6) is 5.75 Å². The van der Waals surface area contributed by atoms with Gasteiger partial charge in [0.25, 0.3) is 5.91 Å². The third-order valence-electron chi connectivity index (χ3n) is 4.75. The zero-order chi connectivity index (χ0) is 22.6. The Morgan fingerprint density at radius 2 is 1.77 bits per heavy atom. The molecule has 0 saturated heterocycles. The zero-order valence-electron chi connectivity index (χ0n) is 17.4. The maximum absolute atomic E-state index is 12.9. The fraction of sp³-hybridized carbons (Fsp3) is 0.174. The number of anilines is 1. The third-order valence-corrected chi connectivity index (χ3v) is 6.80. The number of carbonyl (C=O) groups is 1. The summed E-state index contributed by atoms with van der Waals surface area (Å²) in [5.74, 6) is 0.153. The van der Waals surface area contributed by atoms with Crippen molar-refractivity contribution in [1.29, 1.82) is 0 Å². The van der Waals surface area contributed by atoms with Crippen LogP contribution in [0, 0.1) is 6.92 Å². The predicted octanol–water partition coefficient (Wildman–Crippen LogP) is 4.73. The van der Waals surface area contributed by atoms with Crippen molar-refractivity contribution in [1.82, 2.24) is 4.31 Å². The first-order valence-electron chi connectivity index (χ1n) is 9.47. The number of benzene rings is 3. The zero-order valence-corrected chi connectivity index (χ0v) is 19.0. The topological polar surface area (TPSA) is 75.7 Å². The second-order valence-corrected chi connectivity index (χ2v) is 9.55. The van der Waals surface area contributed by atoms with Crippen molar-refractivity contribution in [2.45, 2.75) is 18.4 Å². The van der Waals surface area contributed by atoms with Gasteiger partial charge in [-0.05, 0) is 55.5 Å². The number of rotatable bonds is 7. The number of sulfonamides is 1. The molecule has 0 unspecified atom stereocenters. The summed E-state index contributed by atoms with van der Waals surface area (Å²) in [5, 5.41) is 3.29. The molecule has 162 valence electrons. The van der Waals surface area contributed by atoms with E-state index in [9.17, 15) is 13.2 Å². The monoisotopic (exact) mass is 458 g/mol. The Kier molecular flexibility index (Phi) is 7.00. The molecular weight excluding hydrogens is 436 g/mol. The fourth-order valence-electron chi connectivity index (χ4n) is 3.03. The van der Waals surface area contributed by atoms with E-state index in [1.54, 1.807) is 66.7 Å². The van der Waals surface area contributed by atoms with Gasteiger partial charge in [0.05, 0.1) is 12.0 Å². The van der Waals surface area contributed by atoms with Crippen LogP contribution in [0.2, 0.25) is 5.02 Å². The second-order valence-electron chi connectivity index (χ2n) is 7.07. The van der Waals surface area contributed by atoms with Crippen LogP contribution in [-0.2, 0) is 16.6 Å². The molecule has 31 heavy (non-hydrogen) atoms. The Morgan fingerprint density at radius 3 is 2.42 bits per heavy atom. The smallest absolute Gasteiger partial charge is 0.255 e. The lowest BCUT2D eigenvalue weighted by molar-refractivity contribution is 0.102. The maximum atomic E-state index is 12.9. The van der Waals surface area contributed by atoms with Crippen LogP contribution < -0.4 is 10.1 Å². The number of ether oxygens (including phenoxy) is 1. The highest BCUT2D eigenvalue weighted by atomic mass is 35.5. The molecule has 0 spiro atoms. The molecule has 0 heterocycles. The van der Waals surface area contributed by atoms with Crippen LogP contribution in [0.25, 0.3) is 0 Å². The Bertz CT molecular complexity index is 1190. The summed E-state index contributed by atoms with van der Waals surface area (Å²) >= 11 is 5.97. The molecule has 0 aliphatic carbocycles. The van der Waals surface area contributed by atoms with Gasteiger partial charge in [0.1, 0.15) is 5.75 Å². The highest BCUT2D eigenvalue weighted by Crippen LogP contribution is 2.25. The molecule has 6 nitrogen and oxygen atoms in total. The van der Waals surface area contributed by atoms with Crippen LogP contribution in [0.1, 0.15) is 21.5 Å². The summed E-state index contributed by atoms with van der Waals surface area (Å²) in [6.45, 7) is 1.93. The first-order valence-corrected chi connectivity index (χ1v) is 11.3. The van der Waals surface area contributed by atoms with Crippen molar-refractivity contribution in [3.05, 3.63) is 88.4 Å². The van der Waals surface area contributed by atoms with Gasteiger partial charge in [-0.3, -0.25) is 4.79 Å². The highest BCUT2D eigenvalue weighted by Gasteiger charge is 2.22. The number of hydrogen-bond donors (Lipinski definition) is 1. The lowest BCUT2D eigenvalue weighted by atomic mass is 10.1. The summed E-state index contributed by atoms with van der Waals surface area (Å²) in [4.78, 5) is 12.9. The van der Waals surface area contributed by atoms with Gasteiger partial charge in [-0.1, -0.05) is 35.4 Å². The summed E-state index contributed by atoms with van der Waals surface area (Å²) in [6.07, 6.45) is 0. The van der Waals surface area contributed by atoms with Gasteiger partial charge in [0.15, 0.2) is 0 Å². The Labute approximate surface area is 187 Å². The largest absolute Gasteiger partial charge is 0.496 e. The molecular formula is C23H23ClN2O4S. The molecule has 3 aromatic carbocycles. The van der Waals surface area contributed by atoms with Gasteiger partial charge in [0, 0.05) is 35.4 Å². The minimum Gasteiger partial charge on any atom is -0.496 e. The van der Waals surface area contributed by atoms with Crippen LogP contribution >= 0.6 is 11.6 Å². The lowest BCUT2D eigenvalue weighted by Gasteiger charge is -2.19. The molecule has 0 aliphatic heterocycles. The van der Waals surface area contributed by atoms with E-state index in [-0.39, 0.29) is 17.3 Å². The molecule has 3 aromatic rings. The van der Waals surface area contributed by atoms with E-state index in [0.29, 0.717) is 27.6 Å². The Balaban J connectivity index is 1.85. The molecule has 0 saturated carbocycles. The van der Waals surface area contributed by atoms with Gasteiger partial charge in [-0.2, -0.15) is 4.31 Å². The van der Waals surface area contributed by atoms with Crippen LogP contribution in [0.15, 0.2) is 71.6 Å². The molecule has 3 rings (SSSR count). The number of hydrogen-bond acceptors (Lipinski definition) is 4. The fourth-order valence-corrected chi connectivity index (χ4v) is 4.37. The van der Waals surface area contributed by atoms with E-state index in [1.807, 2.05) is 6.92 Å². The van der Waals surface area contributed by atoms with E-state index < -0.39 is 10.0 Å². The van der Waals surface area contributed by atoms with Crippen molar-refractivity contribution in [3.63, 3.8) is 0 Å². The Morgan fingerprint density at radius 1 is 1.06 bits per heavy atom. The van der Waals surface area contributed by atoms with Gasteiger partial charge in [-0.15, -0.1) is 0 Å². The van der Waals surface area contributed by atoms with Crippen molar-refractivity contribution < 1.29 is 17.9 Å². The molecule has 0 fully saturated rings. The molecule has 0 aromatic heterocycles. The molecule has 0 atom stereocenters. The number of amides is 1. The van der Waals surface area contributed by atoms with E-state index in [4.69, 9.17) is 16.3 Å². The maximum Gasteiger partial charge on any atom is 0.255 e. The molecule has 1 N–H and O–H groups in total. The Hall–Kier alpha value is -2.87. The average Bonchev–Trinajstić information content (AvgIpc) is 2.74. The first kappa shape index (κ1) is 22.8. The quantitative estimate of drug-likeness (QED) is 0.555. The van der Waals surface area contributed by atoms with Crippen molar-refractivity contribution in [2.75, 3.05) is 19.5 Å². The van der Waals surface area contributed by atoms with Gasteiger partial charge in [-0.25, -0.2) is 8.42 Å². The van der Waals surface area contributed by atoms with Crippen molar-refractivity contribution >= 4 is 33.2 Å². The molecule has 0 radical (unpaired) electrons.